The van der Waals surface area contributed by atoms with Gasteiger partial charge in [0.15, 0.2) is 0 Å². The minimum atomic E-state index is 0.694. The molecule has 1 saturated carbocycles. The van der Waals surface area contributed by atoms with Crippen molar-refractivity contribution in [2.75, 3.05) is 18.9 Å². The molecule has 2 rings (SSSR count). The fourth-order valence-electron chi connectivity index (χ4n) is 1.48. The van der Waals surface area contributed by atoms with E-state index in [1.165, 1.54) is 12.8 Å². The molecule has 0 spiro atoms. The van der Waals surface area contributed by atoms with Crippen molar-refractivity contribution in [3.63, 3.8) is 0 Å². The number of ether oxygens (including phenoxy) is 2. The molecule has 2 N–H and O–H groups in total. The average molecular weight is 221 g/mol. The van der Waals surface area contributed by atoms with Crippen LogP contribution in [-0.4, -0.2) is 13.2 Å². The number of nitrogens with two attached hydrogens (primary N) is 1. The van der Waals surface area contributed by atoms with Crippen molar-refractivity contribution < 1.29 is 9.47 Å². The largest absolute Gasteiger partial charge is 0.493 e. The SMILES string of the molecule is CCCOc1cc(N)cc(OCC2CC2)c1. The second-order valence-corrected chi connectivity index (χ2v) is 4.34. The van der Waals surface area contributed by atoms with Crippen molar-refractivity contribution in [3.05, 3.63) is 18.2 Å². The average Bonchev–Trinajstić information content (AvgIpc) is 3.07. The highest BCUT2D eigenvalue weighted by Crippen LogP contribution is 2.31. The third-order valence-electron chi connectivity index (χ3n) is 2.56. The summed E-state index contributed by atoms with van der Waals surface area (Å²) in [6.07, 6.45) is 3.58. The molecule has 0 saturated heterocycles. The molecule has 0 heterocycles. The molecule has 88 valence electrons. The Morgan fingerprint density at radius 1 is 1.19 bits per heavy atom. The van der Waals surface area contributed by atoms with Gasteiger partial charge in [-0.05, 0) is 25.2 Å². The Labute approximate surface area is 96.5 Å². The lowest BCUT2D eigenvalue weighted by Crippen LogP contribution is -2.01. The van der Waals surface area contributed by atoms with Crippen LogP contribution >= 0.6 is 0 Å². The maximum Gasteiger partial charge on any atom is 0.125 e. The minimum absolute atomic E-state index is 0.694. The van der Waals surface area contributed by atoms with E-state index >= 15 is 0 Å². The van der Waals surface area contributed by atoms with E-state index in [-0.39, 0.29) is 0 Å². The second kappa shape index (κ2) is 5.10. The van der Waals surface area contributed by atoms with E-state index in [2.05, 4.69) is 6.92 Å². The molecular weight excluding hydrogens is 202 g/mol. The van der Waals surface area contributed by atoms with E-state index < -0.39 is 0 Å². The van der Waals surface area contributed by atoms with E-state index in [4.69, 9.17) is 15.2 Å². The normalized spacial score (nSPS) is 14.8. The zero-order chi connectivity index (χ0) is 11.4. The van der Waals surface area contributed by atoms with Crippen LogP contribution < -0.4 is 15.2 Å². The van der Waals surface area contributed by atoms with E-state index in [1.54, 1.807) is 0 Å². The molecule has 16 heavy (non-hydrogen) atoms. The number of nitrogen functional groups attached to an aromatic ring is 1. The molecule has 1 aromatic carbocycles. The molecular formula is C13H19NO2. The third kappa shape index (κ3) is 3.33. The van der Waals surface area contributed by atoms with Crippen molar-refractivity contribution in [3.8, 4) is 11.5 Å². The molecule has 3 heteroatoms. The van der Waals surface area contributed by atoms with E-state index in [0.29, 0.717) is 12.3 Å². The molecule has 0 atom stereocenters. The first-order valence-electron chi connectivity index (χ1n) is 5.94. The maximum absolute atomic E-state index is 5.79. The Morgan fingerprint density at radius 3 is 2.50 bits per heavy atom. The number of hydrogen-bond donors (Lipinski definition) is 1. The van der Waals surface area contributed by atoms with Gasteiger partial charge in [0, 0.05) is 23.9 Å². The van der Waals surface area contributed by atoms with Gasteiger partial charge in [0.2, 0.25) is 0 Å². The summed E-state index contributed by atoms with van der Waals surface area (Å²) < 4.78 is 11.2. The standard InChI is InChI=1S/C13H19NO2/c1-2-5-15-12-6-11(14)7-13(8-12)16-9-10-3-4-10/h6-8,10H,2-5,9,14H2,1H3. The Kier molecular flexibility index (Phi) is 3.54. The van der Waals surface area contributed by atoms with Gasteiger partial charge in [-0.25, -0.2) is 0 Å². The number of hydrogen-bond acceptors (Lipinski definition) is 3. The molecule has 0 bridgehead atoms. The number of anilines is 1. The lowest BCUT2D eigenvalue weighted by Gasteiger charge is -2.10. The van der Waals surface area contributed by atoms with Crippen LogP contribution in [0.15, 0.2) is 18.2 Å². The van der Waals surface area contributed by atoms with Gasteiger partial charge in [-0.1, -0.05) is 6.92 Å². The topological polar surface area (TPSA) is 44.5 Å². The minimum Gasteiger partial charge on any atom is -0.493 e. The van der Waals surface area contributed by atoms with Crippen LogP contribution in [0.3, 0.4) is 0 Å². The van der Waals surface area contributed by atoms with Crippen LogP contribution in [0.4, 0.5) is 5.69 Å². The maximum atomic E-state index is 5.79. The highest BCUT2D eigenvalue weighted by molar-refractivity contribution is 5.50. The molecule has 1 aromatic rings. The summed E-state index contributed by atoms with van der Waals surface area (Å²) in [5.41, 5.74) is 6.49. The summed E-state index contributed by atoms with van der Waals surface area (Å²) >= 11 is 0. The van der Waals surface area contributed by atoms with Gasteiger partial charge in [0.1, 0.15) is 11.5 Å². The predicted octanol–water partition coefficient (Wildman–Crippen LogP) is 2.85. The molecule has 0 radical (unpaired) electrons. The Hall–Kier alpha value is -1.38. The van der Waals surface area contributed by atoms with Crippen LogP contribution in [-0.2, 0) is 0 Å². The van der Waals surface area contributed by atoms with Crippen molar-refractivity contribution in [1.29, 1.82) is 0 Å². The van der Waals surface area contributed by atoms with Gasteiger partial charge in [0.25, 0.3) is 0 Å². The first-order valence-corrected chi connectivity index (χ1v) is 5.94. The Balaban J connectivity index is 1.96. The molecule has 1 aliphatic rings. The van der Waals surface area contributed by atoms with Crippen molar-refractivity contribution >= 4 is 5.69 Å². The molecule has 1 aliphatic carbocycles. The van der Waals surface area contributed by atoms with Crippen molar-refractivity contribution in [2.24, 2.45) is 5.92 Å². The summed E-state index contributed by atoms with van der Waals surface area (Å²) in [5, 5.41) is 0. The molecule has 0 unspecified atom stereocenters. The third-order valence-corrected chi connectivity index (χ3v) is 2.56. The highest BCUT2D eigenvalue weighted by Gasteiger charge is 2.21. The quantitative estimate of drug-likeness (QED) is 0.751. The number of rotatable bonds is 6. The van der Waals surface area contributed by atoms with Crippen LogP contribution in [0.2, 0.25) is 0 Å². The van der Waals surface area contributed by atoms with E-state index in [0.717, 1.165) is 30.4 Å². The zero-order valence-corrected chi connectivity index (χ0v) is 9.74. The lowest BCUT2D eigenvalue weighted by atomic mass is 10.3. The van der Waals surface area contributed by atoms with Crippen molar-refractivity contribution in [1.82, 2.24) is 0 Å². The van der Waals surface area contributed by atoms with Gasteiger partial charge in [0.05, 0.1) is 13.2 Å². The van der Waals surface area contributed by atoms with E-state index in [9.17, 15) is 0 Å². The Morgan fingerprint density at radius 2 is 1.88 bits per heavy atom. The van der Waals surface area contributed by atoms with Crippen LogP contribution in [0.5, 0.6) is 11.5 Å². The molecule has 0 aromatic heterocycles. The monoisotopic (exact) mass is 221 g/mol. The first-order chi connectivity index (χ1) is 7.78. The zero-order valence-electron chi connectivity index (χ0n) is 9.74. The van der Waals surface area contributed by atoms with Gasteiger partial charge >= 0.3 is 0 Å². The van der Waals surface area contributed by atoms with Gasteiger partial charge in [-0.15, -0.1) is 0 Å². The predicted molar refractivity (Wildman–Crippen MR) is 64.9 cm³/mol. The number of benzene rings is 1. The van der Waals surface area contributed by atoms with E-state index in [1.807, 2.05) is 18.2 Å². The lowest BCUT2D eigenvalue weighted by molar-refractivity contribution is 0.291. The smallest absolute Gasteiger partial charge is 0.125 e. The Bertz CT molecular complexity index is 348. The second-order valence-electron chi connectivity index (χ2n) is 4.34. The summed E-state index contributed by atoms with van der Waals surface area (Å²) in [6, 6.07) is 5.59. The van der Waals surface area contributed by atoms with Crippen LogP contribution in [0.1, 0.15) is 26.2 Å². The molecule has 1 fully saturated rings. The van der Waals surface area contributed by atoms with Crippen LogP contribution in [0, 0.1) is 5.92 Å². The molecule has 0 amide bonds. The van der Waals surface area contributed by atoms with Crippen LogP contribution in [0.25, 0.3) is 0 Å². The summed E-state index contributed by atoms with van der Waals surface area (Å²) in [5.74, 6) is 2.37. The highest BCUT2D eigenvalue weighted by atomic mass is 16.5. The summed E-state index contributed by atoms with van der Waals surface area (Å²) in [7, 11) is 0. The fourth-order valence-corrected chi connectivity index (χ4v) is 1.48. The molecule has 3 nitrogen and oxygen atoms in total. The first kappa shape index (κ1) is 11.1. The summed E-state index contributed by atoms with van der Waals surface area (Å²) in [6.45, 7) is 3.60. The van der Waals surface area contributed by atoms with Gasteiger partial charge in [-0.2, -0.15) is 0 Å². The fraction of sp³-hybridized carbons (Fsp3) is 0.538. The van der Waals surface area contributed by atoms with Gasteiger partial charge in [-0.3, -0.25) is 0 Å². The van der Waals surface area contributed by atoms with Gasteiger partial charge < -0.3 is 15.2 Å². The molecule has 0 aliphatic heterocycles. The summed E-state index contributed by atoms with van der Waals surface area (Å²) in [4.78, 5) is 0. The van der Waals surface area contributed by atoms with Crippen molar-refractivity contribution in [2.45, 2.75) is 26.2 Å².